The fourth-order valence-corrected chi connectivity index (χ4v) is 1.65. The predicted molar refractivity (Wildman–Crippen MR) is 64.1 cm³/mol. The van der Waals surface area contributed by atoms with Crippen molar-refractivity contribution in [1.29, 1.82) is 0 Å². The second-order valence-corrected chi connectivity index (χ2v) is 4.39. The van der Waals surface area contributed by atoms with E-state index >= 15 is 0 Å². The van der Waals surface area contributed by atoms with Gasteiger partial charge < -0.3 is 14.9 Å². The predicted octanol–water partition coefficient (Wildman–Crippen LogP) is 2.20. The van der Waals surface area contributed by atoms with Crippen molar-refractivity contribution >= 4 is 5.97 Å². The van der Waals surface area contributed by atoms with E-state index in [-0.39, 0.29) is 12.2 Å². The maximum absolute atomic E-state index is 10.7. The molecule has 0 aliphatic heterocycles. The first-order valence-corrected chi connectivity index (χ1v) is 5.50. The molecule has 0 fully saturated rings. The fraction of sp³-hybridized carbons (Fsp3) is 0.462. The summed E-state index contributed by atoms with van der Waals surface area (Å²) >= 11 is 0. The smallest absolute Gasteiger partial charge is 0.306 e. The highest BCUT2D eigenvalue weighted by molar-refractivity contribution is 5.68. The van der Waals surface area contributed by atoms with E-state index in [0.717, 1.165) is 12.0 Å². The summed E-state index contributed by atoms with van der Waals surface area (Å²) in [4.78, 5) is 10.7. The summed E-state index contributed by atoms with van der Waals surface area (Å²) in [6.45, 7) is 1.79. The zero-order valence-corrected chi connectivity index (χ0v) is 10.1. The van der Waals surface area contributed by atoms with E-state index in [1.165, 1.54) is 7.11 Å². The van der Waals surface area contributed by atoms with Crippen molar-refractivity contribution in [1.82, 2.24) is 0 Å². The summed E-state index contributed by atoms with van der Waals surface area (Å²) in [6.07, 6.45) is 1.33. The number of carbonyl (C=O) groups is 1. The van der Waals surface area contributed by atoms with Crippen LogP contribution in [0, 0.1) is 0 Å². The van der Waals surface area contributed by atoms with E-state index in [1.54, 1.807) is 19.1 Å². The first-order valence-electron chi connectivity index (χ1n) is 5.50. The molecular formula is C13H18O4. The molecule has 0 radical (unpaired) electrons. The van der Waals surface area contributed by atoms with Crippen molar-refractivity contribution in [2.45, 2.75) is 31.8 Å². The highest BCUT2D eigenvalue weighted by atomic mass is 16.5. The van der Waals surface area contributed by atoms with Crippen molar-refractivity contribution in [3.63, 3.8) is 0 Å². The molecule has 0 amide bonds. The van der Waals surface area contributed by atoms with E-state index in [0.29, 0.717) is 6.42 Å². The van der Waals surface area contributed by atoms with Crippen molar-refractivity contribution in [2.24, 2.45) is 0 Å². The van der Waals surface area contributed by atoms with Crippen LogP contribution in [0.1, 0.15) is 25.3 Å². The van der Waals surface area contributed by atoms with E-state index in [4.69, 9.17) is 14.9 Å². The van der Waals surface area contributed by atoms with Gasteiger partial charge in [-0.1, -0.05) is 12.1 Å². The lowest BCUT2D eigenvalue weighted by Crippen LogP contribution is -2.31. The minimum atomic E-state index is -0.861. The number of hydrogen-bond donors (Lipinski definition) is 2. The molecule has 0 aliphatic carbocycles. The molecule has 1 rings (SSSR count). The Balaban J connectivity index is 2.58. The summed E-state index contributed by atoms with van der Waals surface area (Å²) in [5.74, 6) is -0.631. The average molecular weight is 238 g/mol. The Morgan fingerprint density at radius 1 is 1.35 bits per heavy atom. The molecule has 0 saturated carbocycles. The van der Waals surface area contributed by atoms with Crippen molar-refractivity contribution < 1.29 is 19.7 Å². The standard InChI is InChI=1S/C13H18O4/c1-13(17-2,9-12(15)16)8-7-10-3-5-11(14)6-4-10/h3-6,14H,7-9H2,1-2H3,(H,15,16). The summed E-state index contributed by atoms with van der Waals surface area (Å²) in [7, 11) is 1.53. The van der Waals surface area contributed by atoms with Gasteiger partial charge in [0.15, 0.2) is 0 Å². The van der Waals surface area contributed by atoms with Gasteiger partial charge in [-0.15, -0.1) is 0 Å². The van der Waals surface area contributed by atoms with Crippen molar-refractivity contribution in [3.8, 4) is 5.75 Å². The van der Waals surface area contributed by atoms with Gasteiger partial charge in [-0.25, -0.2) is 0 Å². The van der Waals surface area contributed by atoms with Gasteiger partial charge in [0.05, 0.1) is 12.0 Å². The van der Waals surface area contributed by atoms with Gasteiger partial charge >= 0.3 is 5.97 Å². The van der Waals surface area contributed by atoms with Crippen LogP contribution in [0.25, 0.3) is 0 Å². The van der Waals surface area contributed by atoms with Crippen molar-refractivity contribution in [3.05, 3.63) is 29.8 Å². The zero-order valence-electron chi connectivity index (χ0n) is 10.1. The lowest BCUT2D eigenvalue weighted by atomic mass is 9.93. The topological polar surface area (TPSA) is 66.8 Å². The highest BCUT2D eigenvalue weighted by Gasteiger charge is 2.26. The average Bonchev–Trinajstić information content (AvgIpc) is 2.27. The first-order chi connectivity index (χ1) is 7.95. The molecule has 94 valence electrons. The van der Waals surface area contributed by atoms with Crippen LogP contribution in [0.2, 0.25) is 0 Å². The molecule has 0 bridgehead atoms. The molecule has 0 heterocycles. The van der Waals surface area contributed by atoms with Crippen LogP contribution in [-0.2, 0) is 16.0 Å². The molecule has 1 atom stereocenters. The molecule has 0 spiro atoms. The molecule has 17 heavy (non-hydrogen) atoms. The number of methoxy groups -OCH3 is 1. The number of hydrogen-bond acceptors (Lipinski definition) is 3. The minimum absolute atomic E-state index is 0.0123. The normalized spacial score (nSPS) is 14.2. The number of aliphatic carboxylic acids is 1. The van der Waals surface area contributed by atoms with Crippen LogP contribution in [-0.4, -0.2) is 28.9 Å². The number of phenolic OH excluding ortho intramolecular Hbond substituents is 1. The first kappa shape index (κ1) is 13.5. The molecular weight excluding hydrogens is 220 g/mol. The van der Waals surface area contributed by atoms with Crippen LogP contribution in [0.3, 0.4) is 0 Å². The van der Waals surface area contributed by atoms with Crippen LogP contribution in [0.15, 0.2) is 24.3 Å². The Labute approximate surface area is 101 Å². The number of carboxylic acids is 1. The zero-order chi connectivity index (χ0) is 12.9. The van der Waals surface area contributed by atoms with Gasteiger partial charge in [-0.3, -0.25) is 4.79 Å². The Morgan fingerprint density at radius 3 is 2.41 bits per heavy atom. The van der Waals surface area contributed by atoms with Gasteiger partial charge in [0.2, 0.25) is 0 Å². The third-order valence-corrected chi connectivity index (χ3v) is 2.90. The van der Waals surface area contributed by atoms with E-state index in [2.05, 4.69) is 0 Å². The number of ether oxygens (including phenoxy) is 1. The van der Waals surface area contributed by atoms with E-state index in [1.807, 2.05) is 12.1 Å². The third-order valence-electron chi connectivity index (χ3n) is 2.90. The molecule has 2 N–H and O–H groups in total. The van der Waals surface area contributed by atoms with Crippen LogP contribution in [0.5, 0.6) is 5.75 Å². The largest absolute Gasteiger partial charge is 0.508 e. The second-order valence-electron chi connectivity index (χ2n) is 4.39. The Morgan fingerprint density at radius 2 is 1.94 bits per heavy atom. The number of benzene rings is 1. The minimum Gasteiger partial charge on any atom is -0.508 e. The summed E-state index contributed by atoms with van der Waals surface area (Å²) in [6, 6.07) is 6.89. The molecule has 1 aromatic rings. The van der Waals surface area contributed by atoms with Crippen molar-refractivity contribution in [2.75, 3.05) is 7.11 Å². The quantitative estimate of drug-likeness (QED) is 0.797. The summed E-state index contributed by atoms with van der Waals surface area (Å²) < 4.78 is 5.26. The summed E-state index contributed by atoms with van der Waals surface area (Å²) in [5.41, 5.74) is 0.403. The van der Waals surface area contributed by atoms with E-state index < -0.39 is 11.6 Å². The van der Waals surface area contributed by atoms with Crippen LogP contribution in [0.4, 0.5) is 0 Å². The number of rotatable bonds is 6. The molecule has 1 unspecified atom stereocenters. The highest BCUT2D eigenvalue weighted by Crippen LogP contribution is 2.22. The Hall–Kier alpha value is -1.55. The Bertz CT molecular complexity index is 372. The molecule has 0 aromatic heterocycles. The van der Waals surface area contributed by atoms with Gasteiger partial charge in [0, 0.05) is 7.11 Å². The lowest BCUT2D eigenvalue weighted by Gasteiger charge is -2.26. The van der Waals surface area contributed by atoms with Crippen LogP contribution < -0.4 is 0 Å². The van der Waals surface area contributed by atoms with Gasteiger partial charge in [-0.2, -0.15) is 0 Å². The second kappa shape index (κ2) is 5.68. The maximum Gasteiger partial charge on any atom is 0.306 e. The van der Waals surface area contributed by atoms with E-state index in [9.17, 15) is 4.79 Å². The molecule has 0 aliphatic rings. The molecule has 1 aromatic carbocycles. The number of carboxylic acid groups (broad SMARTS) is 1. The lowest BCUT2D eigenvalue weighted by molar-refractivity contribution is -0.143. The maximum atomic E-state index is 10.7. The third kappa shape index (κ3) is 4.44. The number of phenols is 1. The van der Waals surface area contributed by atoms with Gasteiger partial charge in [0.1, 0.15) is 5.75 Å². The number of aromatic hydroxyl groups is 1. The van der Waals surface area contributed by atoms with Gasteiger partial charge in [-0.05, 0) is 37.5 Å². The Kier molecular flexibility index (Phi) is 4.52. The molecule has 4 nitrogen and oxygen atoms in total. The fourth-order valence-electron chi connectivity index (χ4n) is 1.65. The van der Waals surface area contributed by atoms with Gasteiger partial charge in [0.25, 0.3) is 0 Å². The SMILES string of the molecule is COC(C)(CCc1ccc(O)cc1)CC(=O)O. The molecule has 4 heteroatoms. The summed E-state index contributed by atoms with van der Waals surface area (Å²) in [5, 5.41) is 17.9. The number of aryl methyl sites for hydroxylation is 1. The molecule has 0 saturated heterocycles. The monoisotopic (exact) mass is 238 g/mol. The van der Waals surface area contributed by atoms with Crippen LogP contribution >= 0.6 is 0 Å².